The lowest BCUT2D eigenvalue weighted by Crippen LogP contribution is -2.08. The second-order valence-electron chi connectivity index (χ2n) is 2.90. The minimum absolute atomic E-state index is 0.203. The number of imidazole rings is 1. The van der Waals surface area contributed by atoms with Crippen molar-refractivity contribution >= 4 is 0 Å². The van der Waals surface area contributed by atoms with Crippen LogP contribution in [0.1, 0.15) is 25.3 Å². The predicted molar refractivity (Wildman–Crippen MR) is 49.1 cm³/mol. The first-order chi connectivity index (χ1) is 6.81. The van der Waals surface area contributed by atoms with Gasteiger partial charge >= 0.3 is 0 Å². The van der Waals surface area contributed by atoms with Crippen molar-refractivity contribution in [1.29, 1.82) is 0 Å². The normalized spacial score (nSPS) is 13.0. The molecule has 0 aliphatic heterocycles. The zero-order chi connectivity index (χ0) is 9.97. The number of rotatable bonds is 3. The van der Waals surface area contributed by atoms with E-state index in [1.54, 1.807) is 12.4 Å². The summed E-state index contributed by atoms with van der Waals surface area (Å²) in [4.78, 5) is 6.87. The van der Waals surface area contributed by atoms with E-state index < -0.39 is 0 Å². The maximum atomic E-state index is 5.73. The molecular formula is C8H11N5O. The quantitative estimate of drug-likeness (QED) is 0.754. The van der Waals surface area contributed by atoms with Crippen molar-refractivity contribution in [3.63, 3.8) is 0 Å². The van der Waals surface area contributed by atoms with Crippen molar-refractivity contribution in [3.05, 3.63) is 18.3 Å². The molecule has 0 unspecified atom stereocenters. The summed E-state index contributed by atoms with van der Waals surface area (Å²) in [6.45, 7) is 1.96. The molecule has 0 radical (unpaired) electrons. The van der Waals surface area contributed by atoms with Gasteiger partial charge in [-0.2, -0.15) is 0 Å². The first-order valence-corrected chi connectivity index (χ1v) is 4.40. The Morgan fingerprint density at radius 2 is 2.43 bits per heavy atom. The Labute approximate surface area is 80.6 Å². The van der Waals surface area contributed by atoms with Crippen LogP contribution in [-0.4, -0.2) is 20.2 Å². The van der Waals surface area contributed by atoms with Gasteiger partial charge in [0.15, 0.2) is 5.82 Å². The van der Waals surface area contributed by atoms with E-state index in [1.165, 1.54) is 0 Å². The van der Waals surface area contributed by atoms with Crippen LogP contribution in [0.4, 0.5) is 0 Å². The van der Waals surface area contributed by atoms with Crippen LogP contribution >= 0.6 is 0 Å². The molecule has 0 aliphatic carbocycles. The minimum atomic E-state index is -0.203. The zero-order valence-corrected chi connectivity index (χ0v) is 7.77. The first-order valence-electron chi connectivity index (χ1n) is 4.40. The Hall–Kier alpha value is -1.69. The molecule has 2 heterocycles. The van der Waals surface area contributed by atoms with E-state index in [0.717, 1.165) is 6.42 Å². The molecule has 2 aromatic rings. The minimum Gasteiger partial charge on any atom is -0.416 e. The standard InChI is InChI=1S/C8H11N5O/c1-2-5(9)7-12-13-8(14-7)6-10-3-4-11-6/h3-5H,2,9H2,1H3,(H,10,11)/t5-/m1/s1. The van der Waals surface area contributed by atoms with E-state index in [9.17, 15) is 0 Å². The molecule has 0 bridgehead atoms. The number of aromatic amines is 1. The van der Waals surface area contributed by atoms with Crippen LogP contribution in [0.15, 0.2) is 16.8 Å². The Morgan fingerprint density at radius 3 is 3.07 bits per heavy atom. The highest BCUT2D eigenvalue weighted by molar-refractivity contribution is 5.38. The second-order valence-corrected chi connectivity index (χ2v) is 2.90. The van der Waals surface area contributed by atoms with Gasteiger partial charge < -0.3 is 15.1 Å². The molecule has 0 saturated carbocycles. The maximum absolute atomic E-state index is 5.73. The molecule has 14 heavy (non-hydrogen) atoms. The molecule has 1 atom stereocenters. The lowest BCUT2D eigenvalue weighted by atomic mass is 10.2. The fourth-order valence-electron chi connectivity index (χ4n) is 1.04. The predicted octanol–water partition coefficient (Wildman–Crippen LogP) is 0.869. The molecule has 0 fully saturated rings. The summed E-state index contributed by atoms with van der Waals surface area (Å²) in [5.41, 5.74) is 5.73. The van der Waals surface area contributed by atoms with Gasteiger partial charge in [-0.1, -0.05) is 6.92 Å². The van der Waals surface area contributed by atoms with Crippen LogP contribution in [0.2, 0.25) is 0 Å². The van der Waals surface area contributed by atoms with Crippen molar-refractivity contribution in [1.82, 2.24) is 20.2 Å². The van der Waals surface area contributed by atoms with Crippen LogP contribution in [0.5, 0.6) is 0 Å². The van der Waals surface area contributed by atoms with Crippen LogP contribution in [0.3, 0.4) is 0 Å². The highest BCUT2D eigenvalue weighted by atomic mass is 16.4. The number of aromatic nitrogens is 4. The summed E-state index contributed by atoms with van der Waals surface area (Å²) in [5, 5.41) is 7.68. The molecule has 0 aromatic carbocycles. The summed E-state index contributed by atoms with van der Waals surface area (Å²) in [6, 6.07) is -0.203. The van der Waals surface area contributed by atoms with Crippen molar-refractivity contribution in [3.8, 4) is 11.7 Å². The number of nitrogens with zero attached hydrogens (tertiary/aromatic N) is 3. The van der Waals surface area contributed by atoms with Crippen LogP contribution in [-0.2, 0) is 0 Å². The molecule has 0 aliphatic rings. The summed E-state index contributed by atoms with van der Waals surface area (Å²) >= 11 is 0. The molecule has 2 rings (SSSR count). The summed E-state index contributed by atoms with van der Waals surface area (Å²) in [6.07, 6.45) is 4.08. The fourth-order valence-corrected chi connectivity index (χ4v) is 1.04. The molecule has 6 heteroatoms. The molecule has 74 valence electrons. The van der Waals surface area contributed by atoms with Crippen molar-refractivity contribution in [2.24, 2.45) is 5.73 Å². The van der Waals surface area contributed by atoms with Crippen LogP contribution in [0, 0.1) is 0 Å². The maximum Gasteiger partial charge on any atom is 0.283 e. The number of nitrogens with one attached hydrogen (secondary N) is 1. The number of hydrogen-bond acceptors (Lipinski definition) is 5. The van der Waals surface area contributed by atoms with E-state index in [0.29, 0.717) is 17.6 Å². The Morgan fingerprint density at radius 1 is 1.57 bits per heavy atom. The van der Waals surface area contributed by atoms with Crippen LogP contribution in [0.25, 0.3) is 11.7 Å². The van der Waals surface area contributed by atoms with Gasteiger partial charge in [0.25, 0.3) is 5.89 Å². The average molecular weight is 193 g/mol. The lowest BCUT2D eigenvalue weighted by molar-refractivity contribution is 0.451. The third-order valence-corrected chi connectivity index (χ3v) is 1.90. The lowest BCUT2D eigenvalue weighted by Gasteiger charge is -1.99. The zero-order valence-electron chi connectivity index (χ0n) is 7.77. The average Bonchev–Trinajstić information content (AvgIpc) is 2.86. The Bertz CT molecular complexity index is 394. The van der Waals surface area contributed by atoms with Gasteiger partial charge in [0.05, 0.1) is 6.04 Å². The van der Waals surface area contributed by atoms with Gasteiger partial charge in [0.2, 0.25) is 5.89 Å². The third-order valence-electron chi connectivity index (χ3n) is 1.90. The van der Waals surface area contributed by atoms with Gasteiger partial charge in [0.1, 0.15) is 0 Å². The molecule has 0 amide bonds. The SMILES string of the molecule is CC[C@@H](N)c1nnc(-c2ncc[nH]2)o1. The first kappa shape index (κ1) is 8.89. The number of nitrogens with two attached hydrogens (primary N) is 1. The number of hydrogen-bond donors (Lipinski definition) is 2. The van der Waals surface area contributed by atoms with E-state index in [2.05, 4.69) is 20.2 Å². The smallest absolute Gasteiger partial charge is 0.283 e. The molecule has 2 aromatic heterocycles. The monoisotopic (exact) mass is 193 g/mol. The van der Waals surface area contributed by atoms with Gasteiger partial charge in [-0.15, -0.1) is 10.2 Å². The largest absolute Gasteiger partial charge is 0.416 e. The topological polar surface area (TPSA) is 93.6 Å². The summed E-state index contributed by atoms with van der Waals surface area (Å²) < 4.78 is 5.34. The van der Waals surface area contributed by atoms with Gasteiger partial charge in [-0.3, -0.25) is 0 Å². The second kappa shape index (κ2) is 3.59. The number of H-pyrrole nitrogens is 1. The van der Waals surface area contributed by atoms with Gasteiger partial charge in [-0.25, -0.2) is 4.98 Å². The molecular weight excluding hydrogens is 182 g/mol. The summed E-state index contributed by atoms with van der Waals surface area (Å²) in [5.74, 6) is 1.37. The van der Waals surface area contributed by atoms with E-state index in [1.807, 2.05) is 6.92 Å². The van der Waals surface area contributed by atoms with Crippen molar-refractivity contribution in [2.45, 2.75) is 19.4 Å². The molecule has 6 nitrogen and oxygen atoms in total. The van der Waals surface area contributed by atoms with Crippen LogP contribution < -0.4 is 5.73 Å². The highest BCUT2D eigenvalue weighted by Gasteiger charge is 2.14. The summed E-state index contributed by atoms with van der Waals surface area (Å²) in [7, 11) is 0. The Balaban J connectivity index is 2.26. The fraction of sp³-hybridized carbons (Fsp3) is 0.375. The van der Waals surface area contributed by atoms with Gasteiger partial charge in [0, 0.05) is 12.4 Å². The Kier molecular flexibility index (Phi) is 2.28. The molecule has 3 N–H and O–H groups in total. The van der Waals surface area contributed by atoms with Crippen molar-refractivity contribution in [2.75, 3.05) is 0 Å². The molecule has 0 spiro atoms. The highest BCUT2D eigenvalue weighted by Crippen LogP contribution is 2.17. The van der Waals surface area contributed by atoms with E-state index >= 15 is 0 Å². The molecule has 0 saturated heterocycles. The third kappa shape index (κ3) is 1.51. The van der Waals surface area contributed by atoms with E-state index in [-0.39, 0.29) is 6.04 Å². The van der Waals surface area contributed by atoms with Crippen molar-refractivity contribution < 1.29 is 4.42 Å². The van der Waals surface area contributed by atoms with Gasteiger partial charge in [-0.05, 0) is 6.42 Å². The van der Waals surface area contributed by atoms with E-state index in [4.69, 9.17) is 10.2 Å².